The van der Waals surface area contributed by atoms with Crippen LogP contribution < -0.4 is 19.7 Å². The van der Waals surface area contributed by atoms with Crippen LogP contribution in [-0.2, 0) is 6.42 Å². The first kappa shape index (κ1) is 18.9. The third-order valence-electron chi connectivity index (χ3n) is 4.91. The highest BCUT2D eigenvalue weighted by Gasteiger charge is 2.21. The highest BCUT2D eigenvalue weighted by molar-refractivity contribution is 5.90. The lowest BCUT2D eigenvalue weighted by Crippen LogP contribution is -2.50. The fourth-order valence-electron chi connectivity index (χ4n) is 3.23. The number of anilines is 2. The molecule has 1 heterocycles. The molecule has 6 nitrogen and oxygen atoms in total. The number of carbonyl (C=O) groups excluding carboxylic acids is 1. The molecule has 0 spiro atoms. The van der Waals surface area contributed by atoms with E-state index in [9.17, 15) is 4.79 Å². The number of hydrogen-bond acceptors (Lipinski definition) is 4. The molecule has 2 amide bonds. The summed E-state index contributed by atoms with van der Waals surface area (Å²) in [5.74, 6) is 1.23. The van der Waals surface area contributed by atoms with E-state index in [-0.39, 0.29) is 6.03 Å². The highest BCUT2D eigenvalue weighted by Crippen LogP contribution is 2.30. The fourth-order valence-corrected chi connectivity index (χ4v) is 3.23. The van der Waals surface area contributed by atoms with Gasteiger partial charge in [0.1, 0.15) is 0 Å². The topological polar surface area (TPSA) is 54.0 Å². The number of amides is 2. The van der Waals surface area contributed by atoms with Gasteiger partial charge in [-0.25, -0.2) is 4.79 Å². The molecule has 2 aromatic carbocycles. The molecule has 27 heavy (non-hydrogen) atoms. The normalized spacial score (nSPS) is 14.0. The summed E-state index contributed by atoms with van der Waals surface area (Å²) in [6.45, 7) is 5.18. The number of rotatable bonds is 5. The number of aryl methyl sites for hydroxylation is 1. The molecule has 1 aliphatic rings. The van der Waals surface area contributed by atoms with E-state index in [2.05, 4.69) is 41.4 Å². The molecule has 2 aromatic rings. The van der Waals surface area contributed by atoms with Gasteiger partial charge in [-0.1, -0.05) is 19.1 Å². The molecule has 1 saturated heterocycles. The molecular weight excluding hydrogens is 342 g/mol. The second-order valence-electron chi connectivity index (χ2n) is 6.49. The molecule has 0 atom stereocenters. The third-order valence-corrected chi connectivity index (χ3v) is 4.91. The summed E-state index contributed by atoms with van der Waals surface area (Å²) in [6.07, 6.45) is 1.05. The van der Waals surface area contributed by atoms with Crippen LogP contribution in [0.2, 0.25) is 0 Å². The number of benzene rings is 2. The van der Waals surface area contributed by atoms with Crippen molar-refractivity contribution < 1.29 is 14.3 Å². The summed E-state index contributed by atoms with van der Waals surface area (Å²) < 4.78 is 10.5. The van der Waals surface area contributed by atoms with Crippen molar-refractivity contribution in [2.24, 2.45) is 0 Å². The van der Waals surface area contributed by atoms with Crippen LogP contribution in [0.5, 0.6) is 11.5 Å². The first-order valence-electron chi connectivity index (χ1n) is 9.26. The summed E-state index contributed by atoms with van der Waals surface area (Å²) in [4.78, 5) is 16.7. The maximum atomic E-state index is 12.6. The van der Waals surface area contributed by atoms with Crippen LogP contribution in [0, 0.1) is 0 Å². The first-order chi connectivity index (χ1) is 13.1. The Bertz CT molecular complexity index is 769. The predicted molar refractivity (Wildman–Crippen MR) is 108 cm³/mol. The zero-order valence-electron chi connectivity index (χ0n) is 16.2. The molecule has 0 aliphatic carbocycles. The number of carbonyl (C=O) groups is 1. The summed E-state index contributed by atoms with van der Waals surface area (Å²) in [6, 6.07) is 13.9. The van der Waals surface area contributed by atoms with Gasteiger partial charge in [-0.05, 0) is 36.2 Å². The Balaban J connectivity index is 1.56. The van der Waals surface area contributed by atoms with Crippen molar-refractivity contribution in [1.29, 1.82) is 0 Å². The summed E-state index contributed by atoms with van der Waals surface area (Å²) in [5, 5.41) is 2.94. The van der Waals surface area contributed by atoms with E-state index in [1.807, 2.05) is 11.0 Å². The highest BCUT2D eigenvalue weighted by atomic mass is 16.5. The zero-order valence-corrected chi connectivity index (χ0v) is 16.2. The Kier molecular flexibility index (Phi) is 6.06. The van der Waals surface area contributed by atoms with Gasteiger partial charge in [0.25, 0.3) is 0 Å². The third kappa shape index (κ3) is 4.45. The molecule has 0 bridgehead atoms. The van der Waals surface area contributed by atoms with Gasteiger partial charge in [0.05, 0.1) is 14.2 Å². The standard InChI is InChI=1S/C21H27N3O3/c1-4-16-5-8-18(9-6-16)23-11-13-24(14-12-23)21(25)22-17-7-10-19(26-2)20(15-17)27-3/h5-10,15H,4,11-14H2,1-3H3,(H,22,25). The maximum absolute atomic E-state index is 12.6. The van der Waals surface area contributed by atoms with Crippen LogP contribution in [0.4, 0.5) is 16.2 Å². The van der Waals surface area contributed by atoms with E-state index in [0.717, 1.165) is 19.5 Å². The van der Waals surface area contributed by atoms with Gasteiger partial charge in [0, 0.05) is 43.6 Å². The van der Waals surface area contributed by atoms with Gasteiger partial charge in [-0.2, -0.15) is 0 Å². The lowest BCUT2D eigenvalue weighted by molar-refractivity contribution is 0.208. The zero-order chi connectivity index (χ0) is 19.2. The van der Waals surface area contributed by atoms with Crippen molar-refractivity contribution in [3.63, 3.8) is 0 Å². The molecule has 1 fully saturated rings. The van der Waals surface area contributed by atoms with Gasteiger partial charge < -0.3 is 24.6 Å². The van der Waals surface area contributed by atoms with Gasteiger partial charge >= 0.3 is 6.03 Å². The number of hydrogen-bond donors (Lipinski definition) is 1. The fraction of sp³-hybridized carbons (Fsp3) is 0.381. The number of methoxy groups -OCH3 is 2. The van der Waals surface area contributed by atoms with Crippen LogP contribution in [0.15, 0.2) is 42.5 Å². The van der Waals surface area contributed by atoms with Crippen molar-refractivity contribution >= 4 is 17.4 Å². The van der Waals surface area contributed by atoms with Gasteiger partial charge in [-0.3, -0.25) is 0 Å². The molecule has 6 heteroatoms. The molecule has 144 valence electrons. The number of ether oxygens (including phenoxy) is 2. The smallest absolute Gasteiger partial charge is 0.321 e. The quantitative estimate of drug-likeness (QED) is 0.875. The second kappa shape index (κ2) is 8.66. The van der Waals surface area contributed by atoms with Crippen LogP contribution in [-0.4, -0.2) is 51.3 Å². The van der Waals surface area contributed by atoms with Crippen molar-refractivity contribution in [3.05, 3.63) is 48.0 Å². The van der Waals surface area contributed by atoms with Gasteiger partial charge in [0.15, 0.2) is 11.5 Å². The summed E-state index contributed by atoms with van der Waals surface area (Å²) >= 11 is 0. The van der Waals surface area contributed by atoms with Crippen LogP contribution >= 0.6 is 0 Å². The Morgan fingerprint density at radius 3 is 2.22 bits per heavy atom. The largest absolute Gasteiger partial charge is 0.493 e. The minimum atomic E-state index is -0.0943. The minimum Gasteiger partial charge on any atom is -0.493 e. The minimum absolute atomic E-state index is 0.0943. The van der Waals surface area contributed by atoms with Crippen LogP contribution in [0.25, 0.3) is 0 Å². The van der Waals surface area contributed by atoms with E-state index in [1.165, 1.54) is 11.3 Å². The molecule has 0 unspecified atom stereocenters. The Morgan fingerprint density at radius 1 is 0.963 bits per heavy atom. The lowest BCUT2D eigenvalue weighted by Gasteiger charge is -2.36. The Morgan fingerprint density at radius 2 is 1.63 bits per heavy atom. The molecule has 1 aliphatic heterocycles. The molecule has 1 N–H and O–H groups in total. The average Bonchev–Trinajstić information content (AvgIpc) is 2.73. The second-order valence-corrected chi connectivity index (χ2v) is 6.49. The van der Waals surface area contributed by atoms with Gasteiger partial charge in [0.2, 0.25) is 0 Å². The van der Waals surface area contributed by atoms with E-state index in [0.29, 0.717) is 30.3 Å². The molecular formula is C21H27N3O3. The van der Waals surface area contributed by atoms with E-state index < -0.39 is 0 Å². The maximum Gasteiger partial charge on any atom is 0.321 e. The van der Waals surface area contributed by atoms with E-state index in [4.69, 9.17) is 9.47 Å². The van der Waals surface area contributed by atoms with E-state index >= 15 is 0 Å². The molecule has 3 rings (SSSR count). The molecule has 0 saturated carbocycles. The summed E-state index contributed by atoms with van der Waals surface area (Å²) in [5.41, 5.74) is 3.24. The number of piperazine rings is 1. The van der Waals surface area contributed by atoms with Crippen LogP contribution in [0.1, 0.15) is 12.5 Å². The van der Waals surface area contributed by atoms with Crippen molar-refractivity contribution in [2.75, 3.05) is 50.6 Å². The number of urea groups is 1. The summed E-state index contributed by atoms with van der Waals surface area (Å²) in [7, 11) is 3.17. The van der Waals surface area contributed by atoms with Crippen molar-refractivity contribution in [1.82, 2.24) is 4.90 Å². The monoisotopic (exact) mass is 369 g/mol. The number of nitrogens with one attached hydrogen (secondary N) is 1. The molecule has 0 aromatic heterocycles. The predicted octanol–water partition coefficient (Wildman–Crippen LogP) is 3.62. The Hall–Kier alpha value is -2.89. The van der Waals surface area contributed by atoms with E-state index in [1.54, 1.807) is 26.4 Å². The van der Waals surface area contributed by atoms with Crippen LogP contribution in [0.3, 0.4) is 0 Å². The van der Waals surface area contributed by atoms with Gasteiger partial charge in [-0.15, -0.1) is 0 Å². The number of nitrogens with zero attached hydrogens (tertiary/aromatic N) is 2. The first-order valence-corrected chi connectivity index (χ1v) is 9.26. The van der Waals surface area contributed by atoms with Crippen molar-refractivity contribution in [3.8, 4) is 11.5 Å². The SMILES string of the molecule is CCc1ccc(N2CCN(C(=O)Nc3ccc(OC)c(OC)c3)CC2)cc1. The Labute approximate surface area is 160 Å². The molecule has 0 radical (unpaired) electrons. The average molecular weight is 369 g/mol. The lowest BCUT2D eigenvalue weighted by atomic mass is 10.1. The van der Waals surface area contributed by atoms with Crippen molar-refractivity contribution in [2.45, 2.75) is 13.3 Å².